The molecule has 0 aliphatic rings. The topological polar surface area (TPSA) is 85.1 Å². The van der Waals surface area contributed by atoms with Gasteiger partial charge in [-0.3, -0.25) is 0 Å². The van der Waals surface area contributed by atoms with Crippen LogP contribution in [0.5, 0.6) is 0 Å². The van der Waals surface area contributed by atoms with E-state index in [4.69, 9.17) is 5.73 Å². The van der Waals surface area contributed by atoms with Gasteiger partial charge >= 0.3 is 0 Å². The third-order valence-corrected chi connectivity index (χ3v) is 4.07. The molecule has 0 aliphatic carbocycles. The average molecular weight is 257 g/mol. The third-order valence-electron chi connectivity index (χ3n) is 2.61. The Labute approximate surface area is 102 Å². The van der Waals surface area contributed by atoms with Crippen molar-refractivity contribution in [2.45, 2.75) is 38.3 Å². The highest BCUT2D eigenvalue weighted by atomic mass is 32.2. The molecule has 0 amide bonds. The van der Waals surface area contributed by atoms with Crippen molar-refractivity contribution in [2.24, 2.45) is 5.92 Å². The van der Waals surface area contributed by atoms with Gasteiger partial charge in [-0.1, -0.05) is 20.8 Å². The molecule has 1 atom stereocenters. The van der Waals surface area contributed by atoms with Crippen LogP contribution in [-0.2, 0) is 10.0 Å². The number of nitrogen functional groups attached to an aromatic ring is 1. The van der Waals surface area contributed by atoms with Crippen molar-refractivity contribution >= 4 is 15.7 Å². The number of pyridine rings is 1. The van der Waals surface area contributed by atoms with Crippen LogP contribution in [-0.4, -0.2) is 19.4 Å². The SMILES string of the molecule is CCC(NS(=O)(=O)c1ncccc1N)C(C)C. The molecule has 0 aromatic carbocycles. The van der Waals surface area contributed by atoms with Gasteiger partial charge in [-0.25, -0.2) is 18.1 Å². The van der Waals surface area contributed by atoms with Gasteiger partial charge in [-0.05, 0) is 24.5 Å². The Balaban J connectivity index is 3.01. The number of nitrogens with one attached hydrogen (secondary N) is 1. The summed E-state index contributed by atoms with van der Waals surface area (Å²) < 4.78 is 26.8. The Morgan fingerprint density at radius 1 is 1.47 bits per heavy atom. The summed E-state index contributed by atoms with van der Waals surface area (Å²) in [7, 11) is -3.63. The van der Waals surface area contributed by atoms with Gasteiger partial charge in [0.25, 0.3) is 10.0 Å². The number of rotatable bonds is 5. The first-order chi connectivity index (χ1) is 7.88. The second-order valence-electron chi connectivity index (χ2n) is 4.28. The van der Waals surface area contributed by atoms with Crippen molar-refractivity contribution in [1.82, 2.24) is 9.71 Å². The smallest absolute Gasteiger partial charge is 0.260 e. The quantitative estimate of drug-likeness (QED) is 0.834. The Hall–Kier alpha value is -1.14. The number of anilines is 1. The molecular weight excluding hydrogens is 238 g/mol. The molecule has 1 rings (SSSR count). The van der Waals surface area contributed by atoms with E-state index < -0.39 is 10.0 Å². The van der Waals surface area contributed by atoms with Crippen molar-refractivity contribution in [1.29, 1.82) is 0 Å². The second kappa shape index (κ2) is 5.46. The molecule has 6 heteroatoms. The van der Waals surface area contributed by atoms with Gasteiger partial charge < -0.3 is 5.73 Å². The van der Waals surface area contributed by atoms with E-state index >= 15 is 0 Å². The first-order valence-corrected chi connectivity index (χ1v) is 7.09. The van der Waals surface area contributed by atoms with Crippen LogP contribution in [0.15, 0.2) is 23.4 Å². The first-order valence-electron chi connectivity index (χ1n) is 5.61. The van der Waals surface area contributed by atoms with Crippen LogP contribution in [0.2, 0.25) is 0 Å². The van der Waals surface area contributed by atoms with E-state index in [0.29, 0.717) is 0 Å². The molecule has 1 heterocycles. The van der Waals surface area contributed by atoms with Crippen LogP contribution in [0.1, 0.15) is 27.2 Å². The van der Waals surface area contributed by atoms with Crippen LogP contribution < -0.4 is 10.5 Å². The normalized spacial score (nSPS) is 13.9. The van der Waals surface area contributed by atoms with E-state index in [9.17, 15) is 8.42 Å². The summed E-state index contributed by atoms with van der Waals surface area (Å²) in [5.41, 5.74) is 5.78. The number of nitrogens with two attached hydrogens (primary N) is 1. The molecule has 0 fully saturated rings. The van der Waals surface area contributed by atoms with Crippen molar-refractivity contribution in [3.63, 3.8) is 0 Å². The maximum absolute atomic E-state index is 12.1. The number of aromatic nitrogens is 1. The lowest BCUT2D eigenvalue weighted by Gasteiger charge is -2.20. The monoisotopic (exact) mass is 257 g/mol. The molecule has 0 saturated carbocycles. The lowest BCUT2D eigenvalue weighted by Crippen LogP contribution is -2.38. The van der Waals surface area contributed by atoms with Gasteiger partial charge in [0.1, 0.15) is 0 Å². The highest BCUT2D eigenvalue weighted by Gasteiger charge is 2.23. The fourth-order valence-corrected chi connectivity index (χ4v) is 3.10. The van der Waals surface area contributed by atoms with Crippen LogP contribution in [0.25, 0.3) is 0 Å². The maximum atomic E-state index is 12.1. The van der Waals surface area contributed by atoms with Crippen molar-refractivity contribution in [2.75, 3.05) is 5.73 Å². The summed E-state index contributed by atoms with van der Waals surface area (Å²) in [5, 5.41) is -0.0981. The van der Waals surface area contributed by atoms with Crippen LogP contribution in [0.4, 0.5) is 5.69 Å². The number of nitrogens with zero attached hydrogens (tertiary/aromatic N) is 1. The second-order valence-corrected chi connectivity index (χ2v) is 5.91. The minimum atomic E-state index is -3.63. The van der Waals surface area contributed by atoms with Crippen molar-refractivity contribution in [3.8, 4) is 0 Å². The lowest BCUT2D eigenvalue weighted by atomic mass is 10.0. The molecule has 96 valence electrons. The molecule has 0 spiro atoms. The Bertz CT molecular complexity index is 471. The number of hydrogen-bond acceptors (Lipinski definition) is 4. The molecule has 1 unspecified atom stereocenters. The van der Waals surface area contributed by atoms with Gasteiger partial charge in [0.15, 0.2) is 5.03 Å². The molecule has 1 aromatic rings. The van der Waals surface area contributed by atoms with Crippen LogP contribution in [0.3, 0.4) is 0 Å². The molecule has 17 heavy (non-hydrogen) atoms. The Kier molecular flexibility index (Phi) is 4.47. The predicted molar refractivity (Wildman–Crippen MR) is 67.9 cm³/mol. The van der Waals surface area contributed by atoms with Crippen molar-refractivity contribution in [3.05, 3.63) is 18.3 Å². The first kappa shape index (κ1) is 13.9. The van der Waals surface area contributed by atoms with Crippen LogP contribution in [0, 0.1) is 5.92 Å². The average Bonchev–Trinajstić information content (AvgIpc) is 2.26. The van der Waals surface area contributed by atoms with Crippen LogP contribution >= 0.6 is 0 Å². The van der Waals surface area contributed by atoms with E-state index in [2.05, 4.69) is 9.71 Å². The molecule has 3 N–H and O–H groups in total. The maximum Gasteiger partial charge on any atom is 0.260 e. The molecule has 0 saturated heterocycles. The molecular formula is C11H19N3O2S. The molecule has 0 aliphatic heterocycles. The van der Waals surface area contributed by atoms with E-state index in [1.54, 1.807) is 6.07 Å². The summed E-state index contributed by atoms with van der Waals surface area (Å²) in [6.07, 6.45) is 2.14. The highest BCUT2D eigenvalue weighted by Crippen LogP contribution is 2.16. The van der Waals surface area contributed by atoms with Gasteiger partial charge in [-0.2, -0.15) is 0 Å². The third kappa shape index (κ3) is 3.41. The van der Waals surface area contributed by atoms with E-state index in [1.165, 1.54) is 12.3 Å². The largest absolute Gasteiger partial charge is 0.396 e. The standard InChI is InChI=1S/C11H19N3O2S/c1-4-10(8(2)3)14-17(15,16)11-9(12)6-5-7-13-11/h5-8,10,14H,4,12H2,1-3H3. The lowest BCUT2D eigenvalue weighted by molar-refractivity contribution is 0.436. The van der Waals surface area contributed by atoms with Gasteiger partial charge in [0.2, 0.25) is 0 Å². The summed E-state index contributed by atoms with van der Waals surface area (Å²) in [4.78, 5) is 3.82. The summed E-state index contributed by atoms with van der Waals surface area (Å²) in [5.74, 6) is 0.222. The van der Waals surface area contributed by atoms with E-state index in [-0.39, 0.29) is 22.7 Å². The van der Waals surface area contributed by atoms with E-state index in [0.717, 1.165) is 6.42 Å². The fourth-order valence-electron chi connectivity index (χ4n) is 1.57. The zero-order chi connectivity index (χ0) is 13.1. The molecule has 5 nitrogen and oxygen atoms in total. The molecule has 0 radical (unpaired) electrons. The highest BCUT2D eigenvalue weighted by molar-refractivity contribution is 7.89. The minimum absolute atomic E-state index is 0.0981. The summed E-state index contributed by atoms with van der Waals surface area (Å²) in [6, 6.07) is 3.02. The van der Waals surface area contributed by atoms with Gasteiger partial charge in [0, 0.05) is 12.2 Å². The Morgan fingerprint density at radius 2 is 2.12 bits per heavy atom. The minimum Gasteiger partial charge on any atom is -0.396 e. The van der Waals surface area contributed by atoms with Crippen molar-refractivity contribution < 1.29 is 8.42 Å². The zero-order valence-corrected chi connectivity index (χ0v) is 11.2. The predicted octanol–water partition coefficient (Wildman–Crippen LogP) is 1.38. The fraction of sp³-hybridized carbons (Fsp3) is 0.545. The van der Waals surface area contributed by atoms with E-state index in [1.807, 2.05) is 20.8 Å². The number of hydrogen-bond donors (Lipinski definition) is 2. The zero-order valence-electron chi connectivity index (χ0n) is 10.3. The van der Waals surface area contributed by atoms with Gasteiger partial charge in [-0.15, -0.1) is 0 Å². The number of sulfonamides is 1. The summed E-state index contributed by atoms with van der Waals surface area (Å²) >= 11 is 0. The summed E-state index contributed by atoms with van der Waals surface area (Å²) in [6.45, 7) is 5.88. The molecule has 0 bridgehead atoms. The Morgan fingerprint density at radius 3 is 2.59 bits per heavy atom. The molecule has 1 aromatic heterocycles. The van der Waals surface area contributed by atoms with Gasteiger partial charge in [0.05, 0.1) is 5.69 Å².